The van der Waals surface area contributed by atoms with Crippen molar-refractivity contribution in [2.24, 2.45) is 5.16 Å². The normalized spacial score (nSPS) is 13.2. The van der Waals surface area contributed by atoms with Crippen LogP contribution in [0.5, 0.6) is 0 Å². The molecule has 0 saturated carbocycles. The van der Waals surface area contributed by atoms with Crippen LogP contribution in [0.15, 0.2) is 5.16 Å². The number of ether oxygens (including phenoxy) is 1. The smallest absolute Gasteiger partial charge is 0.405 e. The van der Waals surface area contributed by atoms with E-state index in [0.717, 1.165) is 6.21 Å². The average molecular weight is 162 g/mol. The Morgan fingerprint density at radius 2 is 2.55 bits per heavy atom. The van der Waals surface area contributed by atoms with Gasteiger partial charge in [0.15, 0.2) is 0 Å². The van der Waals surface area contributed by atoms with Crippen LogP contribution in [-0.4, -0.2) is 42.4 Å². The van der Waals surface area contributed by atoms with Crippen molar-refractivity contribution in [3.63, 3.8) is 0 Å². The van der Waals surface area contributed by atoms with E-state index in [1.807, 2.05) is 0 Å². The predicted octanol–water partition coefficient (Wildman–Crippen LogP) is -0.271. The molecule has 6 nitrogen and oxygen atoms in total. The molecule has 64 valence electrons. The van der Waals surface area contributed by atoms with Crippen LogP contribution in [0, 0.1) is 0 Å². The number of carboxylic acid groups (broad SMARTS) is 1. The summed E-state index contributed by atoms with van der Waals surface area (Å²) in [5.41, 5.74) is 0. The molecule has 0 rings (SSSR count). The molecule has 0 saturated heterocycles. The predicted molar refractivity (Wildman–Crippen MR) is 37.1 cm³/mol. The van der Waals surface area contributed by atoms with E-state index in [-0.39, 0.29) is 6.61 Å². The van der Waals surface area contributed by atoms with E-state index in [1.54, 1.807) is 0 Å². The SMILES string of the molecule is COC[C@@H](C=NO)NC(=O)O. The Bertz CT molecular complexity index is 147. The maximum Gasteiger partial charge on any atom is 0.405 e. The number of nitrogens with zero attached hydrogens (tertiary/aromatic N) is 1. The lowest BCUT2D eigenvalue weighted by Gasteiger charge is -2.08. The molecule has 0 aliphatic heterocycles. The summed E-state index contributed by atoms with van der Waals surface area (Å²) in [5, 5.41) is 21.0. The van der Waals surface area contributed by atoms with E-state index in [2.05, 4.69) is 15.2 Å². The van der Waals surface area contributed by atoms with Crippen molar-refractivity contribution in [2.45, 2.75) is 6.04 Å². The molecule has 0 aliphatic rings. The van der Waals surface area contributed by atoms with Crippen LogP contribution in [0.4, 0.5) is 4.79 Å². The fourth-order valence-corrected chi connectivity index (χ4v) is 0.541. The van der Waals surface area contributed by atoms with Gasteiger partial charge >= 0.3 is 6.09 Å². The fraction of sp³-hybridized carbons (Fsp3) is 0.600. The van der Waals surface area contributed by atoms with Gasteiger partial charge < -0.3 is 20.4 Å². The number of amides is 1. The Morgan fingerprint density at radius 1 is 1.91 bits per heavy atom. The van der Waals surface area contributed by atoms with Crippen molar-refractivity contribution < 1.29 is 19.8 Å². The van der Waals surface area contributed by atoms with E-state index in [9.17, 15) is 4.79 Å². The van der Waals surface area contributed by atoms with Crippen molar-refractivity contribution >= 4 is 12.3 Å². The summed E-state index contributed by atoms with van der Waals surface area (Å²) in [7, 11) is 1.42. The van der Waals surface area contributed by atoms with Gasteiger partial charge in [-0.2, -0.15) is 0 Å². The third-order valence-corrected chi connectivity index (χ3v) is 0.902. The second-order valence-corrected chi connectivity index (χ2v) is 1.78. The van der Waals surface area contributed by atoms with Crippen molar-refractivity contribution in [3.8, 4) is 0 Å². The summed E-state index contributed by atoms with van der Waals surface area (Å²) in [6.07, 6.45) is -0.149. The number of oxime groups is 1. The zero-order chi connectivity index (χ0) is 8.69. The fourth-order valence-electron chi connectivity index (χ4n) is 0.541. The number of nitrogens with one attached hydrogen (secondary N) is 1. The summed E-state index contributed by atoms with van der Waals surface area (Å²) in [6.45, 7) is 0.135. The topological polar surface area (TPSA) is 91.2 Å². The van der Waals surface area contributed by atoms with E-state index in [4.69, 9.17) is 10.3 Å². The molecule has 0 radical (unpaired) electrons. The van der Waals surface area contributed by atoms with E-state index >= 15 is 0 Å². The molecule has 0 aromatic rings. The van der Waals surface area contributed by atoms with Crippen LogP contribution in [0.2, 0.25) is 0 Å². The lowest BCUT2D eigenvalue weighted by Crippen LogP contribution is -2.38. The van der Waals surface area contributed by atoms with Gasteiger partial charge in [-0.1, -0.05) is 5.16 Å². The van der Waals surface area contributed by atoms with Crippen molar-refractivity contribution in [1.82, 2.24) is 5.32 Å². The highest BCUT2D eigenvalue weighted by Gasteiger charge is 2.07. The molecule has 0 bridgehead atoms. The first-order valence-electron chi connectivity index (χ1n) is 2.86. The van der Waals surface area contributed by atoms with E-state index in [1.165, 1.54) is 7.11 Å². The van der Waals surface area contributed by atoms with Crippen molar-refractivity contribution in [3.05, 3.63) is 0 Å². The molecule has 0 heterocycles. The van der Waals surface area contributed by atoms with Gasteiger partial charge in [0.25, 0.3) is 0 Å². The Morgan fingerprint density at radius 3 is 2.91 bits per heavy atom. The summed E-state index contributed by atoms with van der Waals surface area (Å²) in [5.74, 6) is 0. The zero-order valence-electron chi connectivity index (χ0n) is 6.02. The van der Waals surface area contributed by atoms with Gasteiger partial charge in [-0.05, 0) is 0 Å². The Labute approximate surface area is 63.5 Å². The Balaban J connectivity index is 3.78. The summed E-state index contributed by atoms with van der Waals surface area (Å²) >= 11 is 0. The van der Waals surface area contributed by atoms with E-state index < -0.39 is 12.1 Å². The quantitative estimate of drug-likeness (QED) is 0.301. The summed E-state index contributed by atoms with van der Waals surface area (Å²) < 4.78 is 4.63. The van der Waals surface area contributed by atoms with E-state index in [0.29, 0.717) is 0 Å². The molecule has 0 spiro atoms. The van der Waals surface area contributed by atoms with Crippen LogP contribution in [0.1, 0.15) is 0 Å². The van der Waals surface area contributed by atoms with Crippen molar-refractivity contribution in [2.75, 3.05) is 13.7 Å². The largest absolute Gasteiger partial charge is 0.465 e. The third-order valence-electron chi connectivity index (χ3n) is 0.902. The number of hydrogen-bond acceptors (Lipinski definition) is 4. The first-order valence-corrected chi connectivity index (χ1v) is 2.86. The molecule has 3 N–H and O–H groups in total. The molecule has 0 fully saturated rings. The standard InChI is InChI=1S/C5H10N2O4/c1-11-3-4(2-6-10)7-5(8)9/h2,4,7,10H,3H2,1H3,(H,8,9)/t4-/m1/s1. The average Bonchev–Trinajstić information content (AvgIpc) is 1.87. The van der Waals surface area contributed by atoms with Crippen molar-refractivity contribution in [1.29, 1.82) is 0 Å². The van der Waals surface area contributed by atoms with Crippen LogP contribution in [0.3, 0.4) is 0 Å². The minimum absolute atomic E-state index is 0.135. The number of rotatable bonds is 4. The minimum Gasteiger partial charge on any atom is -0.465 e. The summed E-state index contributed by atoms with van der Waals surface area (Å²) in [6, 6.07) is -0.609. The Hall–Kier alpha value is -1.30. The molecule has 0 aromatic heterocycles. The summed E-state index contributed by atoms with van der Waals surface area (Å²) in [4.78, 5) is 10.0. The van der Waals surface area contributed by atoms with Gasteiger partial charge in [0.2, 0.25) is 0 Å². The highest BCUT2D eigenvalue weighted by atomic mass is 16.5. The van der Waals surface area contributed by atoms with Crippen LogP contribution >= 0.6 is 0 Å². The third kappa shape index (κ3) is 5.16. The molecule has 0 unspecified atom stereocenters. The van der Waals surface area contributed by atoms with Gasteiger partial charge in [0, 0.05) is 7.11 Å². The zero-order valence-corrected chi connectivity index (χ0v) is 6.02. The maximum absolute atomic E-state index is 10.0. The highest BCUT2D eigenvalue weighted by molar-refractivity contribution is 5.73. The monoisotopic (exact) mass is 162 g/mol. The molecule has 1 amide bonds. The lowest BCUT2D eigenvalue weighted by atomic mass is 10.3. The van der Waals surface area contributed by atoms with Gasteiger partial charge in [0.1, 0.15) is 0 Å². The highest BCUT2D eigenvalue weighted by Crippen LogP contribution is 1.80. The van der Waals surface area contributed by atoms with Gasteiger partial charge in [-0.3, -0.25) is 0 Å². The van der Waals surface area contributed by atoms with Crippen LogP contribution in [0.25, 0.3) is 0 Å². The molecular weight excluding hydrogens is 152 g/mol. The number of carbonyl (C=O) groups is 1. The second-order valence-electron chi connectivity index (χ2n) is 1.78. The first-order chi connectivity index (χ1) is 5.20. The molecule has 0 aliphatic carbocycles. The van der Waals surface area contributed by atoms with Crippen LogP contribution in [-0.2, 0) is 4.74 Å². The van der Waals surface area contributed by atoms with Gasteiger partial charge in [-0.25, -0.2) is 4.79 Å². The number of hydrogen-bond donors (Lipinski definition) is 3. The lowest BCUT2D eigenvalue weighted by molar-refractivity contribution is 0.166. The minimum atomic E-state index is -1.19. The maximum atomic E-state index is 10.0. The van der Waals surface area contributed by atoms with Crippen LogP contribution < -0.4 is 5.32 Å². The molecule has 1 atom stereocenters. The van der Waals surface area contributed by atoms with Gasteiger partial charge in [0.05, 0.1) is 18.9 Å². The number of methoxy groups -OCH3 is 1. The first kappa shape index (κ1) is 9.70. The molecule has 11 heavy (non-hydrogen) atoms. The molecule has 6 heteroatoms. The Kier molecular flexibility index (Phi) is 4.83. The molecule has 0 aromatic carbocycles. The second kappa shape index (κ2) is 5.48. The van der Waals surface area contributed by atoms with Gasteiger partial charge in [-0.15, -0.1) is 0 Å². The molecular formula is C5H10N2O4.